The number of anilines is 1. The lowest BCUT2D eigenvalue weighted by molar-refractivity contribution is 0.332. The van der Waals surface area contributed by atoms with Crippen LogP contribution < -0.4 is 4.90 Å². The molecular weight excluding hydrogens is 528 g/mol. The van der Waals surface area contributed by atoms with Crippen LogP contribution in [0, 0.1) is 17.9 Å². The Morgan fingerprint density at radius 3 is 1.74 bits per heavy atom. The molecule has 43 heavy (non-hydrogen) atoms. The summed E-state index contributed by atoms with van der Waals surface area (Å²) in [5.74, 6) is 1.09. The molecule has 5 heteroatoms. The second-order valence-electron chi connectivity index (χ2n) is 10.3. The summed E-state index contributed by atoms with van der Waals surface area (Å²) in [4.78, 5) is 5.46. The van der Waals surface area contributed by atoms with E-state index in [1.54, 1.807) is 12.2 Å². The lowest BCUT2D eigenvalue weighted by Gasteiger charge is -2.14. The zero-order chi connectivity index (χ0) is 29.8. The number of hydrogen-bond acceptors (Lipinski definition) is 3. The lowest BCUT2D eigenvalue weighted by atomic mass is 10.1. The van der Waals surface area contributed by atoms with Crippen LogP contribution in [0.2, 0.25) is 0 Å². The van der Waals surface area contributed by atoms with Crippen molar-refractivity contribution in [1.82, 2.24) is 4.57 Å². The van der Waals surface area contributed by atoms with Crippen molar-refractivity contribution in [3.8, 4) is 11.8 Å². The first-order valence-electron chi connectivity index (χ1n) is 13.9. The summed E-state index contributed by atoms with van der Waals surface area (Å²) in [6.45, 7) is 7.44. The second-order valence-corrected chi connectivity index (χ2v) is 10.3. The van der Waals surface area contributed by atoms with Crippen LogP contribution in [-0.4, -0.2) is 18.7 Å². The van der Waals surface area contributed by atoms with Gasteiger partial charge < -0.3 is 14.2 Å². The van der Waals surface area contributed by atoms with E-state index in [4.69, 9.17) is 11.3 Å². The number of benzene rings is 4. The number of allylic oxidation sites excluding steroid dienone is 6. The van der Waals surface area contributed by atoms with Crippen LogP contribution in [0.25, 0.3) is 44.5 Å². The van der Waals surface area contributed by atoms with Crippen LogP contribution >= 0.6 is 0 Å². The van der Waals surface area contributed by atoms with Crippen LogP contribution in [0.3, 0.4) is 0 Å². The van der Waals surface area contributed by atoms with Crippen molar-refractivity contribution in [2.75, 3.05) is 19.0 Å². The Bertz CT molecular complexity index is 2000. The number of fused-ring (bicyclic) bond motifs is 3. The van der Waals surface area contributed by atoms with Crippen molar-refractivity contribution < 1.29 is 4.74 Å². The van der Waals surface area contributed by atoms with Crippen LogP contribution in [0.15, 0.2) is 144 Å². The third-order valence-corrected chi connectivity index (χ3v) is 7.34. The fraction of sp³-hybridized carbons (Fsp3) is 0.0526. The molecule has 2 heterocycles. The first-order chi connectivity index (χ1) is 21.0. The molecule has 5 nitrogen and oxygen atoms in total. The van der Waals surface area contributed by atoms with E-state index in [0.29, 0.717) is 17.1 Å². The molecule has 0 aliphatic carbocycles. The Morgan fingerprint density at radius 2 is 1.26 bits per heavy atom. The Hall–Kier alpha value is -6.04. The lowest BCUT2D eigenvalue weighted by Crippen LogP contribution is -2.07. The van der Waals surface area contributed by atoms with Crippen molar-refractivity contribution in [3.63, 3.8) is 0 Å². The Labute approximate surface area is 251 Å². The van der Waals surface area contributed by atoms with Gasteiger partial charge in [0.05, 0.1) is 23.7 Å². The molecule has 1 aromatic heterocycles. The molecule has 0 unspecified atom stereocenters. The van der Waals surface area contributed by atoms with Crippen LogP contribution in [0.5, 0.6) is 0 Å². The predicted molar refractivity (Wildman–Crippen MR) is 176 cm³/mol. The van der Waals surface area contributed by atoms with E-state index in [1.807, 2.05) is 61.5 Å². The molecule has 5 aromatic rings. The first-order valence-corrected chi connectivity index (χ1v) is 13.9. The molecule has 0 bridgehead atoms. The quantitative estimate of drug-likeness (QED) is 0.155. The van der Waals surface area contributed by atoms with Crippen molar-refractivity contribution >= 4 is 39.6 Å². The highest BCUT2D eigenvalue weighted by atomic mass is 16.5. The van der Waals surface area contributed by atoms with Gasteiger partial charge in [-0.2, -0.15) is 0 Å². The summed E-state index contributed by atoms with van der Waals surface area (Å²) in [6.07, 6.45) is 11.1. The monoisotopic (exact) mass is 556 g/mol. The molecule has 0 radical (unpaired) electrons. The zero-order valence-electron chi connectivity index (χ0n) is 23.9. The van der Waals surface area contributed by atoms with Gasteiger partial charge in [-0.25, -0.2) is 10.1 Å². The van der Waals surface area contributed by atoms with E-state index in [9.17, 15) is 5.26 Å². The van der Waals surface area contributed by atoms with Gasteiger partial charge in [0.25, 0.3) is 5.70 Å². The zero-order valence-corrected chi connectivity index (χ0v) is 23.9. The first kappa shape index (κ1) is 27.1. The minimum Gasteiger partial charge on any atom is -0.457 e. The van der Waals surface area contributed by atoms with Gasteiger partial charge in [-0.3, -0.25) is 0 Å². The van der Waals surface area contributed by atoms with Gasteiger partial charge >= 0.3 is 0 Å². The highest BCUT2D eigenvalue weighted by molar-refractivity contribution is 6.09. The van der Waals surface area contributed by atoms with Gasteiger partial charge in [-0.05, 0) is 77.4 Å². The summed E-state index contributed by atoms with van der Waals surface area (Å²) >= 11 is 0. The highest BCUT2D eigenvalue weighted by Gasteiger charge is 2.13. The van der Waals surface area contributed by atoms with Crippen LogP contribution in [0.1, 0.15) is 11.1 Å². The van der Waals surface area contributed by atoms with E-state index >= 15 is 0 Å². The van der Waals surface area contributed by atoms with Gasteiger partial charge in [0.2, 0.25) is 0 Å². The van der Waals surface area contributed by atoms with Gasteiger partial charge in [0.1, 0.15) is 11.5 Å². The minimum absolute atomic E-state index is 0.0194. The summed E-state index contributed by atoms with van der Waals surface area (Å²) in [5.41, 5.74) is 7.09. The summed E-state index contributed by atoms with van der Waals surface area (Å²) < 4.78 is 8.42. The predicted octanol–water partition coefficient (Wildman–Crippen LogP) is 9.07. The van der Waals surface area contributed by atoms with Crippen LogP contribution in [0.4, 0.5) is 5.69 Å². The largest absolute Gasteiger partial charge is 0.457 e. The van der Waals surface area contributed by atoms with E-state index in [2.05, 4.69) is 94.3 Å². The maximum Gasteiger partial charge on any atom is 0.269 e. The molecule has 0 spiro atoms. The maximum atomic E-state index is 9.51. The molecule has 0 saturated carbocycles. The van der Waals surface area contributed by atoms with Gasteiger partial charge in [0.15, 0.2) is 0 Å². The smallest absolute Gasteiger partial charge is 0.269 e. The number of nitriles is 1. The Kier molecular flexibility index (Phi) is 7.47. The van der Waals surface area contributed by atoms with Crippen molar-refractivity contribution in [2.24, 2.45) is 0 Å². The number of hydrogen-bond donors (Lipinski definition) is 0. The topological polar surface area (TPSA) is 45.6 Å². The summed E-state index contributed by atoms with van der Waals surface area (Å²) in [6, 6.07) is 35.5. The fourth-order valence-electron chi connectivity index (χ4n) is 5.17. The summed E-state index contributed by atoms with van der Waals surface area (Å²) in [7, 11) is 4.01. The normalized spacial score (nSPS) is 14.3. The summed E-state index contributed by atoms with van der Waals surface area (Å²) in [5, 5.41) is 12.0. The molecule has 6 rings (SSSR count). The molecule has 0 amide bonds. The average molecular weight is 557 g/mol. The van der Waals surface area contributed by atoms with Crippen LogP contribution in [-0.2, 0) is 4.74 Å². The second kappa shape index (κ2) is 11.8. The molecule has 0 atom stereocenters. The van der Waals surface area contributed by atoms with Gasteiger partial charge in [0, 0.05) is 36.2 Å². The molecule has 0 saturated heterocycles. The number of para-hydroxylation sites is 2. The fourth-order valence-corrected chi connectivity index (χ4v) is 5.17. The van der Waals surface area contributed by atoms with Gasteiger partial charge in [-0.1, -0.05) is 72.8 Å². The van der Waals surface area contributed by atoms with E-state index in [-0.39, 0.29) is 5.70 Å². The molecule has 1 aliphatic heterocycles. The standard InChI is InChI=1S/C38H28N4O/c1-40-36(26-39)29-24-32(22-16-27-12-18-30(19-13-27)41(2)3)43-33(25-29)23-17-28-14-20-31(21-15-28)42-37-10-6-4-8-34(37)35-9-5-7-11-38(35)42/h4-25H,2-3H3. The van der Waals surface area contributed by atoms with Crippen molar-refractivity contribution in [1.29, 1.82) is 5.26 Å². The van der Waals surface area contributed by atoms with Gasteiger partial charge in [-0.15, -0.1) is 0 Å². The Morgan fingerprint density at radius 1 is 0.744 bits per heavy atom. The number of nitrogens with zero attached hydrogens (tertiary/aromatic N) is 4. The molecular formula is C38H28N4O. The number of rotatable bonds is 6. The molecule has 4 aromatic carbocycles. The number of aromatic nitrogens is 1. The van der Waals surface area contributed by atoms with E-state index in [0.717, 1.165) is 22.5 Å². The number of ether oxygens (including phenoxy) is 1. The molecule has 0 fully saturated rings. The third-order valence-electron chi connectivity index (χ3n) is 7.34. The SMILES string of the molecule is [C-]#[N+]C(C#N)=C1C=C(C=Cc2ccc(N(C)C)cc2)OC(C=Cc2ccc(-n3c4ccccc4c4ccccc43)cc2)=C1. The molecule has 0 N–H and O–H groups in total. The Balaban J connectivity index is 1.26. The van der Waals surface area contributed by atoms with E-state index < -0.39 is 0 Å². The maximum absolute atomic E-state index is 9.51. The minimum atomic E-state index is 0.0194. The average Bonchev–Trinajstić information content (AvgIpc) is 3.38. The molecule has 1 aliphatic rings. The third kappa shape index (κ3) is 5.61. The highest BCUT2D eigenvalue weighted by Crippen LogP contribution is 2.32. The van der Waals surface area contributed by atoms with Crippen molar-refractivity contribution in [2.45, 2.75) is 0 Å². The van der Waals surface area contributed by atoms with Crippen molar-refractivity contribution in [3.05, 3.63) is 167 Å². The molecule has 206 valence electrons. The van der Waals surface area contributed by atoms with E-state index in [1.165, 1.54) is 21.8 Å².